The molecule has 0 radical (unpaired) electrons. The van der Waals surface area contributed by atoms with E-state index in [1.54, 1.807) is 0 Å². The van der Waals surface area contributed by atoms with E-state index in [-0.39, 0.29) is 12.4 Å². The number of para-hydroxylation sites is 1. The van der Waals surface area contributed by atoms with Gasteiger partial charge in [-0.25, -0.2) is 0 Å². The highest BCUT2D eigenvalue weighted by Crippen LogP contribution is 2.34. The van der Waals surface area contributed by atoms with Crippen molar-refractivity contribution in [2.75, 3.05) is 12.4 Å². The lowest BCUT2D eigenvalue weighted by atomic mass is 9.83. The summed E-state index contributed by atoms with van der Waals surface area (Å²) in [6.45, 7) is 0. The standard InChI is InChI=1S/C24H26N2.ClH/c1-25-23-16-15-19-11-5-7-13-21(19)24(23)26-22-14-8-6-12-20(22)17-18-9-3-2-4-10-18;/h2-14,23-26H,15-17H2,1H3;1H. The number of halogens is 1. The van der Waals surface area contributed by atoms with Crippen LogP contribution in [0.2, 0.25) is 0 Å². The highest BCUT2D eigenvalue weighted by atomic mass is 35.5. The van der Waals surface area contributed by atoms with Crippen LogP contribution >= 0.6 is 12.4 Å². The number of rotatable bonds is 5. The quantitative estimate of drug-likeness (QED) is 0.622. The van der Waals surface area contributed by atoms with Gasteiger partial charge in [0, 0.05) is 11.7 Å². The minimum absolute atomic E-state index is 0. The van der Waals surface area contributed by atoms with Gasteiger partial charge in [-0.05, 0) is 54.6 Å². The van der Waals surface area contributed by atoms with Gasteiger partial charge in [0.05, 0.1) is 6.04 Å². The van der Waals surface area contributed by atoms with Crippen molar-refractivity contribution in [1.82, 2.24) is 5.32 Å². The molecule has 3 aromatic rings. The van der Waals surface area contributed by atoms with Crippen LogP contribution in [0.4, 0.5) is 5.69 Å². The zero-order valence-corrected chi connectivity index (χ0v) is 16.5. The second-order valence-corrected chi connectivity index (χ2v) is 7.07. The molecule has 0 aliphatic heterocycles. The predicted molar refractivity (Wildman–Crippen MR) is 117 cm³/mol. The lowest BCUT2D eigenvalue weighted by Gasteiger charge is -2.35. The van der Waals surface area contributed by atoms with Crippen molar-refractivity contribution in [3.63, 3.8) is 0 Å². The molecule has 3 heteroatoms. The van der Waals surface area contributed by atoms with E-state index in [1.165, 1.54) is 27.9 Å². The van der Waals surface area contributed by atoms with Crippen LogP contribution in [-0.4, -0.2) is 13.1 Å². The van der Waals surface area contributed by atoms with Gasteiger partial charge in [-0.3, -0.25) is 0 Å². The molecule has 0 fully saturated rings. The van der Waals surface area contributed by atoms with Crippen LogP contribution < -0.4 is 10.6 Å². The fourth-order valence-corrected chi connectivity index (χ4v) is 4.05. The van der Waals surface area contributed by atoms with Crippen LogP contribution in [0.1, 0.15) is 34.7 Å². The Morgan fingerprint density at radius 1 is 0.852 bits per heavy atom. The van der Waals surface area contributed by atoms with Gasteiger partial charge in [0.2, 0.25) is 0 Å². The number of likely N-dealkylation sites (N-methyl/N-ethyl adjacent to an activating group) is 1. The maximum absolute atomic E-state index is 3.86. The third kappa shape index (κ3) is 4.35. The molecule has 3 aromatic carbocycles. The Morgan fingerprint density at radius 3 is 2.37 bits per heavy atom. The molecule has 0 saturated heterocycles. The largest absolute Gasteiger partial charge is 0.376 e. The first-order valence-electron chi connectivity index (χ1n) is 9.48. The summed E-state index contributed by atoms with van der Waals surface area (Å²) >= 11 is 0. The van der Waals surface area contributed by atoms with Gasteiger partial charge >= 0.3 is 0 Å². The Bertz CT molecular complexity index is 863. The molecule has 0 saturated carbocycles. The molecular formula is C24H27ClN2. The summed E-state index contributed by atoms with van der Waals surface area (Å²) in [5.41, 5.74) is 6.82. The summed E-state index contributed by atoms with van der Waals surface area (Å²) in [7, 11) is 2.07. The van der Waals surface area contributed by atoms with Crippen molar-refractivity contribution in [2.45, 2.75) is 31.3 Å². The first-order valence-corrected chi connectivity index (χ1v) is 9.48. The smallest absolute Gasteiger partial charge is 0.0669 e. The lowest BCUT2D eigenvalue weighted by Crippen LogP contribution is -2.39. The molecule has 0 spiro atoms. The van der Waals surface area contributed by atoms with E-state index in [0.717, 1.165) is 19.3 Å². The summed E-state index contributed by atoms with van der Waals surface area (Å²) in [5.74, 6) is 0. The highest BCUT2D eigenvalue weighted by molar-refractivity contribution is 5.85. The Kier molecular flexibility index (Phi) is 6.54. The van der Waals surface area contributed by atoms with Crippen molar-refractivity contribution in [3.05, 3.63) is 101 Å². The number of anilines is 1. The summed E-state index contributed by atoms with van der Waals surface area (Å²) in [6.07, 6.45) is 3.25. The van der Waals surface area contributed by atoms with Crippen LogP contribution in [0.5, 0.6) is 0 Å². The van der Waals surface area contributed by atoms with Crippen LogP contribution in [0.15, 0.2) is 78.9 Å². The van der Waals surface area contributed by atoms with Crippen LogP contribution in [-0.2, 0) is 12.8 Å². The number of hydrogen-bond acceptors (Lipinski definition) is 2. The van der Waals surface area contributed by atoms with E-state index in [4.69, 9.17) is 0 Å². The normalized spacial score (nSPS) is 18.3. The molecule has 0 bridgehead atoms. The van der Waals surface area contributed by atoms with E-state index in [0.29, 0.717) is 12.1 Å². The van der Waals surface area contributed by atoms with Crippen LogP contribution in [0.3, 0.4) is 0 Å². The summed E-state index contributed by atoms with van der Waals surface area (Å²) in [5, 5.41) is 7.39. The van der Waals surface area contributed by atoms with Gasteiger partial charge < -0.3 is 10.6 Å². The van der Waals surface area contributed by atoms with Gasteiger partial charge in [-0.2, -0.15) is 0 Å². The average Bonchev–Trinajstić information content (AvgIpc) is 2.70. The maximum atomic E-state index is 3.86. The van der Waals surface area contributed by atoms with Crippen molar-refractivity contribution < 1.29 is 0 Å². The monoisotopic (exact) mass is 378 g/mol. The Morgan fingerprint density at radius 2 is 1.56 bits per heavy atom. The van der Waals surface area contributed by atoms with E-state index in [2.05, 4.69) is 96.5 Å². The van der Waals surface area contributed by atoms with Gasteiger partial charge in [-0.15, -0.1) is 12.4 Å². The minimum atomic E-state index is 0. The predicted octanol–water partition coefficient (Wildman–Crippen LogP) is 5.39. The van der Waals surface area contributed by atoms with Gasteiger partial charge in [-0.1, -0.05) is 72.8 Å². The molecule has 2 atom stereocenters. The van der Waals surface area contributed by atoms with Gasteiger partial charge in [0.1, 0.15) is 0 Å². The summed E-state index contributed by atoms with van der Waals surface area (Å²) < 4.78 is 0. The van der Waals surface area contributed by atoms with Crippen molar-refractivity contribution >= 4 is 18.1 Å². The topological polar surface area (TPSA) is 24.1 Å². The number of fused-ring (bicyclic) bond motifs is 1. The minimum Gasteiger partial charge on any atom is -0.376 e. The first kappa shape index (κ1) is 19.5. The van der Waals surface area contributed by atoms with E-state index < -0.39 is 0 Å². The van der Waals surface area contributed by atoms with Crippen LogP contribution in [0.25, 0.3) is 0 Å². The zero-order valence-electron chi connectivity index (χ0n) is 15.7. The van der Waals surface area contributed by atoms with E-state index >= 15 is 0 Å². The van der Waals surface area contributed by atoms with E-state index in [9.17, 15) is 0 Å². The average molecular weight is 379 g/mol. The van der Waals surface area contributed by atoms with E-state index in [1.807, 2.05) is 0 Å². The molecule has 2 nitrogen and oxygen atoms in total. The molecular weight excluding hydrogens is 352 g/mol. The molecule has 2 unspecified atom stereocenters. The molecule has 27 heavy (non-hydrogen) atoms. The fourth-order valence-electron chi connectivity index (χ4n) is 4.05. The molecule has 0 aromatic heterocycles. The second-order valence-electron chi connectivity index (χ2n) is 7.07. The van der Waals surface area contributed by atoms with Gasteiger partial charge in [0.25, 0.3) is 0 Å². The number of hydrogen-bond donors (Lipinski definition) is 2. The number of benzene rings is 3. The zero-order chi connectivity index (χ0) is 17.8. The van der Waals surface area contributed by atoms with Gasteiger partial charge in [0.15, 0.2) is 0 Å². The molecule has 0 heterocycles. The first-order chi connectivity index (χ1) is 12.8. The molecule has 1 aliphatic rings. The Balaban J connectivity index is 0.00000210. The van der Waals surface area contributed by atoms with Crippen molar-refractivity contribution in [1.29, 1.82) is 0 Å². The molecule has 1 aliphatic carbocycles. The molecule has 2 N–H and O–H groups in total. The third-order valence-corrected chi connectivity index (χ3v) is 5.45. The van der Waals surface area contributed by atoms with Crippen molar-refractivity contribution in [2.24, 2.45) is 0 Å². The van der Waals surface area contributed by atoms with Crippen molar-refractivity contribution in [3.8, 4) is 0 Å². The number of aryl methyl sites for hydroxylation is 1. The molecule has 140 valence electrons. The lowest BCUT2D eigenvalue weighted by molar-refractivity contribution is 0.439. The Labute approximate surface area is 168 Å². The SMILES string of the molecule is CNC1CCc2ccccc2C1Nc1ccccc1Cc1ccccc1.Cl. The molecule has 0 amide bonds. The Hall–Kier alpha value is -2.29. The number of nitrogens with one attached hydrogen (secondary N) is 2. The summed E-state index contributed by atoms with van der Waals surface area (Å²) in [6, 6.07) is 29.0. The highest BCUT2D eigenvalue weighted by Gasteiger charge is 2.28. The fraction of sp³-hybridized carbons (Fsp3) is 0.250. The summed E-state index contributed by atoms with van der Waals surface area (Å²) in [4.78, 5) is 0. The molecule has 4 rings (SSSR count). The van der Waals surface area contributed by atoms with Crippen LogP contribution in [0, 0.1) is 0 Å². The third-order valence-electron chi connectivity index (χ3n) is 5.45. The second kappa shape index (κ2) is 9.07. The maximum Gasteiger partial charge on any atom is 0.0669 e.